The highest BCUT2D eigenvalue weighted by molar-refractivity contribution is 5.84. The molecule has 3 atom stereocenters. The van der Waals surface area contributed by atoms with Crippen molar-refractivity contribution in [1.29, 1.82) is 0 Å². The molecule has 6 heteroatoms. The normalized spacial score (nSPS) is 27.9. The lowest BCUT2D eigenvalue weighted by Gasteiger charge is -2.27. The van der Waals surface area contributed by atoms with Crippen LogP contribution in [0, 0.1) is 5.92 Å². The number of esters is 2. The van der Waals surface area contributed by atoms with E-state index >= 15 is 0 Å². The van der Waals surface area contributed by atoms with Gasteiger partial charge in [-0.15, -0.1) is 0 Å². The van der Waals surface area contributed by atoms with Crippen molar-refractivity contribution in [3.8, 4) is 0 Å². The molecule has 3 rings (SSSR count). The number of β-amino-alcohol motifs (C(OH)–C–C–N with tert-alkyl or cyclic N) is 1. The van der Waals surface area contributed by atoms with Crippen LogP contribution in [0.25, 0.3) is 0 Å². The summed E-state index contributed by atoms with van der Waals surface area (Å²) in [4.78, 5) is 26.1. The summed E-state index contributed by atoms with van der Waals surface area (Å²) in [6.07, 6.45) is 0.124. The third kappa shape index (κ3) is 4.83. The van der Waals surface area contributed by atoms with Gasteiger partial charge in [0.05, 0.1) is 19.1 Å². The maximum Gasteiger partial charge on any atom is 0.326 e. The number of benzene rings is 1. The molecule has 2 saturated heterocycles. The Morgan fingerprint density at radius 3 is 2.04 bits per heavy atom. The first kappa shape index (κ1) is 20.4. The van der Waals surface area contributed by atoms with Crippen molar-refractivity contribution in [2.45, 2.75) is 50.9 Å². The third-order valence-corrected chi connectivity index (χ3v) is 4.61. The number of ether oxygens (including phenoxy) is 2. The molecule has 0 saturated carbocycles. The van der Waals surface area contributed by atoms with Crippen LogP contribution in [0.5, 0.6) is 0 Å². The van der Waals surface area contributed by atoms with Gasteiger partial charge in [-0.25, -0.2) is 0 Å². The Hall–Kier alpha value is -1.92. The summed E-state index contributed by atoms with van der Waals surface area (Å²) in [5, 5.41) is 9.79. The third-order valence-electron chi connectivity index (χ3n) is 4.61. The average molecular weight is 363 g/mol. The van der Waals surface area contributed by atoms with Crippen molar-refractivity contribution in [2.24, 2.45) is 5.92 Å². The molecule has 0 aromatic heterocycles. The second-order valence-electron chi connectivity index (χ2n) is 7.88. The molecule has 0 amide bonds. The summed E-state index contributed by atoms with van der Waals surface area (Å²) in [6, 6.07) is 12.0. The number of rotatable bonds is 2. The topological polar surface area (TPSA) is 76.1 Å². The number of hydrogen-bond acceptors (Lipinski definition) is 6. The minimum absolute atomic E-state index is 0.287. The van der Waals surface area contributed by atoms with Crippen LogP contribution in [0.15, 0.2) is 36.4 Å². The van der Waals surface area contributed by atoms with Crippen LogP contribution in [0.3, 0.4) is 0 Å². The maximum absolute atomic E-state index is 12.2. The number of aliphatic hydroxyl groups excluding tert-OH is 1. The number of methoxy groups -OCH3 is 1. The lowest BCUT2D eigenvalue weighted by atomic mass is 9.89. The molecule has 0 aliphatic carbocycles. The van der Waals surface area contributed by atoms with E-state index in [2.05, 4.69) is 0 Å². The van der Waals surface area contributed by atoms with Gasteiger partial charge in [0.1, 0.15) is 11.1 Å². The van der Waals surface area contributed by atoms with Gasteiger partial charge >= 0.3 is 11.9 Å². The number of hydrogen-bond donors (Lipinski definition) is 1. The van der Waals surface area contributed by atoms with Crippen LogP contribution in [-0.4, -0.2) is 59.4 Å². The van der Waals surface area contributed by atoms with Gasteiger partial charge in [0, 0.05) is 19.5 Å². The summed E-state index contributed by atoms with van der Waals surface area (Å²) in [5.74, 6) is -1.01. The number of carbonyl (C=O) groups is 2. The molecule has 1 aromatic carbocycles. The Morgan fingerprint density at radius 1 is 1.04 bits per heavy atom. The van der Waals surface area contributed by atoms with Crippen LogP contribution in [0.2, 0.25) is 0 Å². The van der Waals surface area contributed by atoms with E-state index in [1.54, 1.807) is 0 Å². The van der Waals surface area contributed by atoms with Crippen molar-refractivity contribution in [2.75, 3.05) is 20.2 Å². The molecular formula is C20H29NO5. The molecule has 2 aliphatic heterocycles. The van der Waals surface area contributed by atoms with Crippen molar-refractivity contribution in [1.82, 2.24) is 4.90 Å². The fourth-order valence-corrected chi connectivity index (χ4v) is 3.63. The van der Waals surface area contributed by atoms with E-state index in [0.29, 0.717) is 25.9 Å². The molecule has 0 spiro atoms. The standard InChI is InChI=1S/C14H23NO5.C6H6/c1-13(2,3)20-11(17)9-5-14(12(18)19-4)6-10(16)8-15(14)7-9;1-2-4-6-5-3-1/h9-10,16H,5-8H2,1-4H3;1-6H/t9-,10+,14-;/m0./s1. The quantitative estimate of drug-likeness (QED) is 0.810. The van der Waals surface area contributed by atoms with Crippen molar-refractivity contribution in [3.63, 3.8) is 0 Å². The minimum Gasteiger partial charge on any atom is -0.468 e. The summed E-state index contributed by atoms with van der Waals surface area (Å²) < 4.78 is 10.3. The fourth-order valence-electron chi connectivity index (χ4n) is 3.63. The highest BCUT2D eigenvalue weighted by atomic mass is 16.6. The van der Waals surface area contributed by atoms with Crippen molar-refractivity contribution >= 4 is 11.9 Å². The lowest BCUT2D eigenvalue weighted by Crippen LogP contribution is -2.46. The minimum atomic E-state index is -0.865. The summed E-state index contributed by atoms with van der Waals surface area (Å²) >= 11 is 0. The van der Waals surface area contributed by atoms with Crippen LogP contribution >= 0.6 is 0 Å². The first-order chi connectivity index (χ1) is 12.2. The first-order valence-corrected chi connectivity index (χ1v) is 8.92. The molecule has 0 radical (unpaired) electrons. The Kier molecular flexibility index (Phi) is 6.42. The Morgan fingerprint density at radius 2 is 1.58 bits per heavy atom. The van der Waals surface area contributed by atoms with Crippen LogP contribution in [0.1, 0.15) is 33.6 Å². The van der Waals surface area contributed by atoms with Crippen molar-refractivity contribution < 1.29 is 24.2 Å². The van der Waals surface area contributed by atoms with E-state index in [4.69, 9.17) is 9.47 Å². The zero-order chi connectivity index (χ0) is 19.4. The van der Waals surface area contributed by atoms with Gasteiger partial charge in [-0.1, -0.05) is 36.4 Å². The van der Waals surface area contributed by atoms with Crippen LogP contribution < -0.4 is 0 Å². The molecule has 1 aromatic rings. The largest absolute Gasteiger partial charge is 0.468 e. The van der Waals surface area contributed by atoms with Crippen LogP contribution in [0.4, 0.5) is 0 Å². The van der Waals surface area contributed by atoms with Gasteiger partial charge in [-0.05, 0) is 27.2 Å². The van der Waals surface area contributed by atoms with E-state index in [-0.39, 0.29) is 17.9 Å². The van der Waals surface area contributed by atoms with Crippen LogP contribution in [-0.2, 0) is 19.1 Å². The van der Waals surface area contributed by atoms with Gasteiger partial charge in [0.15, 0.2) is 0 Å². The predicted molar refractivity (Wildman–Crippen MR) is 97.3 cm³/mol. The molecule has 26 heavy (non-hydrogen) atoms. The molecule has 2 aliphatic rings. The molecule has 2 heterocycles. The smallest absolute Gasteiger partial charge is 0.326 e. The van der Waals surface area contributed by atoms with E-state index in [1.807, 2.05) is 62.1 Å². The molecule has 1 N–H and O–H groups in total. The molecule has 0 bridgehead atoms. The van der Waals surface area contributed by atoms with Gasteiger partial charge < -0.3 is 14.6 Å². The van der Waals surface area contributed by atoms with Gasteiger partial charge in [-0.3, -0.25) is 14.5 Å². The Labute approximate surface area is 155 Å². The highest BCUT2D eigenvalue weighted by Gasteiger charge is 2.59. The van der Waals surface area contributed by atoms with E-state index in [1.165, 1.54) is 7.11 Å². The average Bonchev–Trinajstić information content (AvgIpc) is 3.08. The summed E-state index contributed by atoms with van der Waals surface area (Å²) in [5.41, 5.74) is -1.40. The summed E-state index contributed by atoms with van der Waals surface area (Å²) in [7, 11) is 1.33. The van der Waals surface area contributed by atoms with Gasteiger partial charge in [0.2, 0.25) is 0 Å². The Bertz CT molecular complexity index is 586. The zero-order valence-corrected chi connectivity index (χ0v) is 16.0. The van der Waals surface area contributed by atoms with Crippen molar-refractivity contribution in [3.05, 3.63) is 36.4 Å². The Balaban J connectivity index is 0.000000342. The molecule has 144 valence electrons. The molecule has 0 unspecified atom stereocenters. The first-order valence-electron chi connectivity index (χ1n) is 8.92. The molecule has 6 nitrogen and oxygen atoms in total. The van der Waals surface area contributed by atoms with Gasteiger partial charge in [0.25, 0.3) is 0 Å². The van der Waals surface area contributed by atoms with E-state index < -0.39 is 17.2 Å². The monoisotopic (exact) mass is 363 g/mol. The number of carbonyl (C=O) groups excluding carboxylic acids is 2. The maximum atomic E-state index is 12.2. The number of aliphatic hydroxyl groups is 1. The van der Waals surface area contributed by atoms with E-state index in [0.717, 1.165) is 0 Å². The number of fused-ring (bicyclic) bond motifs is 1. The number of nitrogens with zero attached hydrogens (tertiary/aromatic N) is 1. The van der Waals surface area contributed by atoms with E-state index in [9.17, 15) is 14.7 Å². The fraction of sp³-hybridized carbons (Fsp3) is 0.600. The SMILES string of the molecule is COC(=O)[C@]12C[C@@H](O)CN1C[C@@H](C(=O)OC(C)(C)C)C2.c1ccccc1. The highest BCUT2D eigenvalue weighted by Crippen LogP contribution is 2.43. The second kappa shape index (κ2) is 8.18. The lowest BCUT2D eigenvalue weighted by molar-refractivity contribution is -0.159. The predicted octanol–water partition coefficient (Wildman–Crippen LogP) is 2.01. The molecular weight excluding hydrogens is 334 g/mol. The molecule has 2 fully saturated rings. The zero-order valence-electron chi connectivity index (χ0n) is 16.0. The van der Waals surface area contributed by atoms with Gasteiger partial charge in [-0.2, -0.15) is 0 Å². The summed E-state index contributed by atoms with van der Waals surface area (Å²) in [6.45, 7) is 6.29. The second-order valence-corrected chi connectivity index (χ2v) is 7.88.